The summed E-state index contributed by atoms with van der Waals surface area (Å²) in [6.07, 6.45) is 10.4. The molecule has 0 bridgehead atoms. The molecule has 0 amide bonds. The lowest BCUT2D eigenvalue weighted by Crippen LogP contribution is -2.06. The van der Waals surface area contributed by atoms with E-state index >= 15 is 0 Å². The summed E-state index contributed by atoms with van der Waals surface area (Å²) in [4.78, 5) is 19.0. The van der Waals surface area contributed by atoms with Gasteiger partial charge < -0.3 is 0 Å². The Bertz CT molecular complexity index is 839. The summed E-state index contributed by atoms with van der Waals surface area (Å²) in [5, 5.41) is 0.946. The predicted octanol–water partition coefficient (Wildman–Crippen LogP) is 4.01. The fourth-order valence-electron chi connectivity index (χ4n) is 2.60. The average Bonchev–Trinajstić information content (AvgIpc) is 3.06. The number of rotatable bonds is 2. The molecule has 108 valence electrons. The van der Waals surface area contributed by atoms with Gasteiger partial charge in [-0.25, -0.2) is 9.97 Å². The number of pyridine rings is 1. The number of hydrogen-bond acceptors (Lipinski definition) is 5. The first-order valence-electron chi connectivity index (χ1n) is 7.22. The van der Waals surface area contributed by atoms with Crippen molar-refractivity contribution in [2.45, 2.75) is 19.3 Å². The molecule has 0 spiro atoms. The molecule has 0 aromatic carbocycles. The van der Waals surface area contributed by atoms with E-state index in [-0.39, 0.29) is 0 Å². The molecular weight excluding hydrogens is 292 g/mol. The van der Waals surface area contributed by atoms with E-state index < -0.39 is 0 Å². The average molecular weight is 306 g/mol. The van der Waals surface area contributed by atoms with E-state index in [2.05, 4.69) is 21.5 Å². The predicted molar refractivity (Wildman–Crippen MR) is 88.3 cm³/mol. The largest absolute Gasteiger partial charge is 0.264 e. The SMILES string of the molecule is C=C1CCCc2ncc(-c3cnc(-c4cccnc4)s3)nc21. The summed E-state index contributed by atoms with van der Waals surface area (Å²) in [5.41, 5.74) is 5.02. The quantitative estimate of drug-likeness (QED) is 0.718. The maximum Gasteiger partial charge on any atom is 0.125 e. The van der Waals surface area contributed by atoms with Crippen LogP contribution in [0.3, 0.4) is 0 Å². The first kappa shape index (κ1) is 13.3. The molecule has 4 rings (SSSR count). The number of hydrogen-bond donors (Lipinski definition) is 0. The summed E-state index contributed by atoms with van der Waals surface area (Å²) in [6, 6.07) is 3.93. The molecule has 0 N–H and O–H groups in total. The van der Waals surface area contributed by atoms with E-state index in [0.29, 0.717) is 0 Å². The third-order valence-electron chi connectivity index (χ3n) is 3.74. The van der Waals surface area contributed by atoms with E-state index in [1.807, 2.05) is 30.7 Å². The fourth-order valence-corrected chi connectivity index (χ4v) is 3.46. The van der Waals surface area contributed by atoms with Crippen molar-refractivity contribution in [3.8, 4) is 21.1 Å². The minimum absolute atomic E-state index is 0.870. The summed E-state index contributed by atoms with van der Waals surface area (Å²) >= 11 is 1.61. The summed E-state index contributed by atoms with van der Waals surface area (Å²) < 4.78 is 0. The van der Waals surface area contributed by atoms with Gasteiger partial charge in [0, 0.05) is 24.2 Å². The number of allylic oxidation sites excluding steroid dienone is 1. The van der Waals surface area contributed by atoms with Crippen LogP contribution in [0.15, 0.2) is 43.5 Å². The highest BCUT2D eigenvalue weighted by Gasteiger charge is 2.17. The van der Waals surface area contributed by atoms with Gasteiger partial charge in [0.1, 0.15) is 10.7 Å². The smallest absolute Gasteiger partial charge is 0.125 e. The van der Waals surface area contributed by atoms with Gasteiger partial charge in [-0.1, -0.05) is 6.58 Å². The summed E-state index contributed by atoms with van der Waals surface area (Å²) in [7, 11) is 0. The lowest BCUT2D eigenvalue weighted by atomic mass is 9.96. The molecule has 0 atom stereocenters. The van der Waals surface area contributed by atoms with Crippen LogP contribution in [0.2, 0.25) is 0 Å². The summed E-state index contributed by atoms with van der Waals surface area (Å²) in [5.74, 6) is 0. The van der Waals surface area contributed by atoms with Crippen molar-refractivity contribution in [2.75, 3.05) is 0 Å². The van der Waals surface area contributed by atoms with Crippen molar-refractivity contribution in [3.05, 3.63) is 54.9 Å². The Labute approximate surface area is 132 Å². The molecule has 0 unspecified atom stereocenters. The standard InChI is InChI=1S/C17H14N4S/c1-11-4-2-6-13-16(11)21-14(9-19-13)15-10-20-17(22-15)12-5-3-7-18-8-12/h3,5,7-10H,1-2,4,6H2. The monoisotopic (exact) mass is 306 g/mol. The van der Waals surface area contributed by atoms with E-state index in [4.69, 9.17) is 4.98 Å². The Hall–Kier alpha value is -2.40. The second-order valence-corrected chi connectivity index (χ2v) is 6.31. The normalized spacial score (nSPS) is 13.9. The molecule has 4 nitrogen and oxygen atoms in total. The highest BCUT2D eigenvalue weighted by Crippen LogP contribution is 2.33. The molecule has 3 heterocycles. The number of thiazole rings is 1. The van der Waals surface area contributed by atoms with Crippen molar-refractivity contribution in [1.82, 2.24) is 19.9 Å². The molecule has 22 heavy (non-hydrogen) atoms. The lowest BCUT2D eigenvalue weighted by molar-refractivity contribution is 0.780. The minimum Gasteiger partial charge on any atom is -0.264 e. The van der Waals surface area contributed by atoms with Crippen LogP contribution >= 0.6 is 11.3 Å². The molecule has 0 aliphatic heterocycles. The number of fused-ring (bicyclic) bond motifs is 1. The highest BCUT2D eigenvalue weighted by atomic mass is 32.1. The van der Waals surface area contributed by atoms with E-state index in [9.17, 15) is 0 Å². The Morgan fingerprint density at radius 3 is 2.91 bits per heavy atom. The van der Waals surface area contributed by atoms with Gasteiger partial charge in [-0.15, -0.1) is 11.3 Å². The van der Waals surface area contributed by atoms with Crippen LogP contribution in [0.25, 0.3) is 26.7 Å². The lowest BCUT2D eigenvalue weighted by Gasteiger charge is -2.16. The van der Waals surface area contributed by atoms with Crippen molar-refractivity contribution in [1.29, 1.82) is 0 Å². The zero-order valence-electron chi connectivity index (χ0n) is 12.0. The van der Waals surface area contributed by atoms with E-state index in [1.54, 1.807) is 17.5 Å². The zero-order valence-corrected chi connectivity index (χ0v) is 12.8. The van der Waals surface area contributed by atoms with Crippen LogP contribution in [0.4, 0.5) is 0 Å². The van der Waals surface area contributed by atoms with E-state index in [1.165, 1.54) is 0 Å². The van der Waals surface area contributed by atoms with Crippen LogP contribution in [0.1, 0.15) is 24.2 Å². The topological polar surface area (TPSA) is 51.6 Å². The third-order valence-corrected chi connectivity index (χ3v) is 4.81. The van der Waals surface area contributed by atoms with Crippen LogP contribution in [-0.2, 0) is 6.42 Å². The van der Waals surface area contributed by atoms with Gasteiger partial charge in [0.15, 0.2) is 0 Å². The maximum absolute atomic E-state index is 4.76. The van der Waals surface area contributed by atoms with Gasteiger partial charge in [-0.3, -0.25) is 9.97 Å². The molecule has 0 radical (unpaired) electrons. The number of aromatic nitrogens is 4. The van der Waals surface area contributed by atoms with Crippen molar-refractivity contribution < 1.29 is 0 Å². The highest BCUT2D eigenvalue weighted by molar-refractivity contribution is 7.18. The molecule has 0 saturated heterocycles. The van der Waals surface area contributed by atoms with Crippen molar-refractivity contribution >= 4 is 16.9 Å². The Morgan fingerprint density at radius 2 is 2.05 bits per heavy atom. The molecule has 3 aromatic rings. The molecule has 3 aromatic heterocycles. The van der Waals surface area contributed by atoms with Gasteiger partial charge in [0.2, 0.25) is 0 Å². The Balaban J connectivity index is 1.73. The number of aryl methyl sites for hydroxylation is 1. The Morgan fingerprint density at radius 1 is 1.09 bits per heavy atom. The third kappa shape index (κ3) is 2.33. The molecular formula is C17H14N4S. The molecule has 0 fully saturated rings. The Kier molecular flexibility index (Phi) is 3.27. The zero-order chi connectivity index (χ0) is 14.9. The van der Waals surface area contributed by atoms with Crippen molar-refractivity contribution in [3.63, 3.8) is 0 Å². The molecule has 0 saturated carbocycles. The first-order valence-corrected chi connectivity index (χ1v) is 8.03. The van der Waals surface area contributed by atoms with Gasteiger partial charge in [0.25, 0.3) is 0 Å². The second-order valence-electron chi connectivity index (χ2n) is 5.28. The number of nitrogens with zero attached hydrogens (tertiary/aromatic N) is 4. The van der Waals surface area contributed by atoms with Crippen LogP contribution < -0.4 is 0 Å². The van der Waals surface area contributed by atoms with Gasteiger partial charge in [-0.2, -0.15) is 0 Å². The van der Waals surface area contributed by atoms with Crippen LogP contribution in [0.5, 0.6) is 0 Å². The molecule has 1 aliphatic carbocycles. The van der Waals surface area contributed by atoms with Gasteiger partial charge in [-0.05, 0) is 37.0 Å². The first-order chi connectivity index (χ1) is 10.8. The molecule has 5 heteroatoms. The van der Waals surface area contributed by atoms with E-state index in [0.717, 1.165) is 57.4 Å². The van der Waals surface area contributed by atoms with Gasteiger partial charge in [0.05, 0.1) is 22.5 Å². The van der Waals surface area contributed by atoms with Crippen molar-refractivity contribution in [2.24, 2.45) is 0 Å². The minimum atomic E-state index is 0.870. The maximum atomic E-state index is 4.76. The fraction of sp³-hybridized carbons (Fsp3) is 0.176. The second kappa shape index (κ2) is 5.42. The molecule has 1 aliphatic rings. The summed E-state index contributed by atoms with van der Waals surface area (Å²) in [6.45, 7) is 4.12. The van der Waals surface area contributed by atoms with Gasteiger partial charge >= 0.3 is 0 Å². The van der Waals surface area contributed by atoms with Crippen LogP contribution in [0, 0.1) is 0 Å². The van der Waals surface area contributed by atoms with Crippen LogP contribution in [-0.4, -0.2) is 19.9 Å².